The zero-order chi connectivity index (χ0) is 21.3. The topological polar surface area (TPSA) is 46.6 Å². The lowest BCUT2D eigenvalue weighted by atomic mass is 10.0. The molecule has 4 rings (SSSR count). The molecule has 0 spiro atoms. The van der Waals surface area contributed by atoms with Crippen molar-refractivity contribution in [3.8, 4) is 5.75 Å². The van der Waals surface area contributed by atoms with Gasteiger partial charge in [0.1, 0.15) is 5.75 Å². The van der Waals surface area contributed by atoms with Gasteiger partial charge in [-0.2, -0.15) is 0 Å². The first kappa shape index (κ1) is 20.0. The molecule has 1 aliphatic rings. The lowest BCUT2D eigenvalue weighted by Crippen LogP contribution is -2.31. The number of para-hydroxylation sites is 1. The molecule has 3 aromatic rings. The van der Waals surface area contributed by atoms with Crippen LogP contribution in [0.3, 0.4) is 0 Å². The molecule has 0 aromatic heterocycles. The molecular formula is C25H21NO3S. The summed E-state index contributed by atoms with van der Waals surface area (Å²) in [6, 6.07) is 22.5. The largest absolute Gasteiger partial charge is 0.496 e. The second-order valence-corrected chi connectivity index (χ2v) is 8.12. The first-order valence-corrected chi connectivity index (χ1v) is 10.4. The fourth-order valence-corrected chi connectivity index (χ4v) is 4.41. The van der Waals surface area contributed by atoms with Gasteiger partial charge < -0.3 is 4.74 Å². The molecule has 0 radical (unpaired) electrons. The molecule has 0 N–H and O–H groups in total. The normalized spacial score (nSPS) is 13.9. The van der Waals surface area contributed by atoms with Crippen molar-refractivity contribution >= 4 is 34.8 Å². The minimum atomic E-state index is -0.341. The third-order valence-electron chi connectivity index (χ3n) is 5.13. The standard InChI is InChI=1S/C25H21NO3S/c1-16-13-14-18(15-17(16)2)26-24(27)22(20-11-7-8-12-21(20)29-3)23(25(26)28)30-19-9-5-4-6-10-19/h4-15H,1-3H3. The molecule has 1 aliphatic heterocycles. The highest BCUT2D eigenvalue weighted by molar-refractivity contribution is 8.04. The van der Waals surface area contributed by atoms with Gasteiger partial charge in [0.05, 0.1) is 23.3 Å². The number of thioether (sulfide) groups is 1. The predicted molar refractivity (Wildman–Crippen MR) is 121 cm³/mol. The first-order chi connectivity index (χ1) is 14.5. The quantitative estimate of drug-likeness (QED) is 0.524. The third-order valence-corrected chi connectivity index (χ3v) is 6.22. The zero-order valence-electron chi connectivity index (χ0n) is 17.0. The van der Waals surface area contributed by atoms with Crippen molar-refractivity contribution in [3.05, 3.63) is 94.4 Å². The number of rotatable bonds is 5. The maximum absolute atomic E-state index is 13.6. The van der Waals surface area contributed by atoms with Gasteiger partial charge in [-0.3, -0.25) is 9.59 Å². The molecular weight excluding hydrogens is 394 g/mol. The minimum absolute atomic E-state index is 0.321. The fourth-order valence-electron chi connectivity index (χ4n) is 3.40. The van der Waals surface area contributed by atoms with Crippen LogP contribution in [-0.4, -0.2) is 18.9 Å². The maximum atomic E-state index is 13.6. The second-order valence-electron chi connectivity index (χ2n) is 7.03. The number of amides is 2. The predicted octanol–water partition coefficient (Wildman–Crippen LogP) is 5.39. The summed E-state index contributed by atoms with van der Waals surface area (Å²) < 4.78 is 5.49. The summed E-state index contributed by atoms with van der Waals surface area (Å²) in [6.45, 7) is 3.97. The number of anilines is 1. The van der Waals surface area contributed by atoms with Crippen LogP contribution in [0.2, 0.25) is 0 Å². The van der Waals surface area contributed by atoms with E-state index in [1.807, 2.05) is 80.6 Å². The molecule has 0 aliphatic carbocycles. The number of carbonyl (C=O) groups is 2. The van der Waals surface area contributed by atoms with E-state index in [1.165, 1.54) is 16.7 Å². The Morgan fingerprint density at radius 3 is 2.20 bits per heavy atom. The van der Waals surface area contributed by atoms with Crippen molar-refractivity contribution in [2.45, 2.75) is 18.7 Å². The van der Waals surface area contributed by atoms with E-state index in [4.69, 9.17) is 4.74 Å². The Hall–Kier alpha value is -3.31. The number of benzene rings is 3. The van der Waals surface area contributed by atoms with Gasteiger partial charge in [-0.05, 0) is 55.3 Å². The van der Waals surface area contributed by atoms with E-state index < -0.39 is 0 Å². The van der Waals surface area contributed by atoms with Crippen LogP contribution in [0.25, 0.3) is 5.57 Å². The van der Waals surface area contributed by atoms with E-state index in [0.29, 0.717) is 27.5 Å². The summed E-state index contributed by atoms with van der Waals surface area (Å²) in [5.74, 6) is -0.106. The molecule has 0 unspecified atom stereocenters. The summed E-state index contributed by atoms with van der Waals surface area (Å²) in [6.07, 6.45) is 0. The van der Waals surface area contributed by atoms with Crippen LogP contribution < -0.4 is 9.64 Å². The second kappa shape index (κ2) is 8.20. The molecule has 30 heavy (non-hydrogen) atoms. The Kier molecular flexibility index (Phi) is 5.46. The lowest BCUT2D eigenvalue weighted by molar-refractivity contribution is -0.119. The van der Waals surface area contributed by atoms with Crippen LogP contribution in [0.4, 0.5) is 5.69 Å². The average Bonchev–Trinajstić information content (AvgIpc) is 3.00. The van der Waals surface area contributed by atoms with Crippen LogP contribution in [-0.2, 0) is 9.59 Å². The molecule has 2 amide bonds. The minimum Gasteiger partial charge on any atom is -0.496 e. The Labute approximate surface area is 180 Å². The highest BCUT2D eigenvalue weighted by Crippen LogP contribution is 2.43. The number of nitrogens with zero attached hydrogens (tertiary/aromatic N) is 1. The van der Waals surface area contributed by atoms with Gasteiger partial charge in [-0.1, -0.05) is 54.2 Å². The maximum Gasteiger partial charge on any atom is 0.272 e. The van der Waals surface area contributed by atoms with Crippen LogP contribution in [0.1, 0.15) is 16.7 Å². The van der Waals surface area contributed by atoms with Gasteiger partial charge >= 0.3 is 0 Å². The summed E-state index contributed by atoms with van der Waals surface area (Å²) >= 11 is 1.30. The number of hydrogen-bond acceptors (Lipinski definition) is 4. The molecule has 3 aromatic carbocycles. The summed E-state index contributed by atoms with van der Waals surface area (Å²) in [4.78, 5) is 29.6. The van der Waals surface area contributed by atoms with Gasteiger partial charge in [0, 0.05) is 10.5 Å². The molecule has 5 heteroatoms. The van der Waals surface area contributed by atoms with Crippen molar-refractivity contribution in [1.29, 1.82) is 0 Å². The molecule has 1 heterocycles. The van der Waals surface area contributed by atoms with Gasteiger partial charge in [0.2, 0.25) is 0 Å². The lowest BCUT2D eigenvalue weighted by Gasteiger charge is -2.17. The highest BCUT2D eigenvalue weighted by Gasteiger charge is 2.41. The van der Waals surface area contributed by atoms with Crippen molar-refractivity contribution in [2.75, 3.05) is 12.0 Å². The molecule has 4 nitrogen and oxygen atoms in total. The summed E-state index contributed by atoms with van der Waals surface area (Å²) in [7, 11) is 1.56. The molecule has 0 bridgehead atoms. The molecule has 0 saturated carbocycles. The molecule has 150 valence electrons. The Balaban J connectivity index is 1.87. The van der Waals surface area contributed by atoms with Gasteiger partial charge in [-0.25, -0.2) is 4.90 Å². The average molecular weight is 416 g/mol. The van der Waals surface area contributed by atoms with Gasteiger partial charge in [0.15, 0.2) is 0 Å². The monoisotopic (exact) mass is 415 g/mol. The van der Waals surface area contributed by atoms with Crippen molar-refractivity contribution in [3.63, 3.8) is 0 Å². The van der Waals surface area contributed by atoms with Gasteiger partial charge in [-0.15, -0.1) is 0 Å². The Morgan fingerprint density at radius 1 is 0.800 bits per heavy atom. The number of aryl methyl sites for hydroxylation is 2. The van der Waals surface area contributed by atoms with Crippen LogP contribution in [0.5, 0.6) is 5.75 Å². The van der Waals surface area contributed by atoms with Crippen LogP contribution in [0.15, 0.2) is 82.6 Å². The first-order valence-electron chi connectivity index (χ1n) is 9.58. The molecule has 0 saturated heterocycles. The van der Waals surface area contributed by atoms with E-state index >= 15 is 0 Å². The van der Waals surface area contributed by atoms with E-state index in [0.717, 1.165) is 16.0 Å². The van der Waals surface area contributed by atoms with Crippen LogP contribution >= 0.6 is 11.8 Å². The van der Waals surface area contributed by atoms with Crippen LogP contribution in [0, 0.1) is 13.8 Å². The van der Waals surface area contributed by atoms with Crippen molar-refractivity contribution < 1.29 is 14.3 Å². The number of methoxy groups -OCH3 is 1. The summed E-state index contributed by atoms with van der Waals surface area (Å²) in [5.41, 5.74) is 3.68. The van der Waals surface area contributed by atoms with E-state index in [2.05, 4.69) is 0 Å². The van der Waals surface area contributed by atoms with E-state index in [9.17, 15) is 9.59 Å². The SMILES string of the molecule is COc1ccccc1C1=C(Sc2ccccc2)C(=O)N(c2ccc(C)c(C)c2)C1=O. The summed E-state index contributed by atoms with van der Waals surface area (Å²) in [5, 5.41) is 0. The Bertz CT molecular complexity index is 1170. The number of ether oxygens (including phenoxy) is 1. The van der Waals surface area contributed by atoms with E-state index in [1.54, 1.807) is 13.2 Å². The van der Waals surface area contributed by atoms with Gasteiger partial charge in [0.25, 0.3) is 11.8 Å². The number of hydrogen-bond donors (Lipinski definition) is 0. The molecule has 0 atom stereocenters. The smallest absolute Gasteiger partial charge is 0.272 e. The highest BCUT2D eigenvalue weighted by atomic mass is 32.2. The van der Waals surface area contributed by atoms with Crippen molar-refractivity contribution in [1.82, 2.24) is 0 Å². The fraction of sp³-hybridized carbons (Fsp3) is 0.120. The van der Waals surface area contributed by atoms with E-state index in [-0.39, 0.29) is 11.8 Å². The number of carbonyl (C=O) groups excluding carboxylic acids is 2. The zero-order valence-corrected chi connectivity index (χ0v) is 17.8. The third kappa shape index (κ3) is 3.53. The van der Waals surface area contributed by atoms with Crippen molar-refractivity contribution in [2.24, 2.45) is 0 Å². The molecule has 0 fully saturated rings. The Morgan fingerprint density at radius 2 is 1.50 bits per heavy atom. The number of imide groups is 1.